The van der Waals surface area contributed by atoms with Crippen molar-refractivity contribution >= 4 is 55.6 Å². The quantitative estimate of drug-likeness (QED) is 0.0545. The van der Waals surface area contributed by atoms with Gasteiger partial charge in [0.2, 0.25) is 5.91 Å². The highest BCUT2D eigenvalue weighted by Crippen LogP contribution is 2.52. The zero-order valence-corrected chi connectivity index (χ0v) is 28.4. The second kappa shape index (κ2) is 16.9. The zero-order chi connectivity index (χ0) is 35.6. The fourth-order valence-corrected chi connectivity index (χ4v) is 8.05. The number of rotatable bonds is 10. The summed E-state index contributed by atoms with van der Waals surface area (Å²) in [7, 11) is -7.85. The van der Waals surface area contributed by atoms with Gasteiger partial charge in [0, 0.05) is 47.3 Å². The van der Waals surface area contributed by atoms with E-state index in [9.17, 15) is 46.4 Å². The second-order valence-electron chi connectivity index (χ2n) is 11.2. The lowest BCUT2D eigenvalue weighted by atomic mass is 9.79. The van der Waals surface area contributed by atoms with Crippen molar-refractivity contribution in [1.82, 2.24) is 14.9 Å². The van der Waals surface area contributed by atoms with Crippen LogP contribution < -0.4 is 15.2 Å². The Morgan fingerprint density at radius 2 is 1.74 bits per heavy atom. The number of thioether (sulfide) groups is 1. The van der Waals surface area contributed by atoms with Crippen molar-refractivity contribution in [2.24, 2.45) is 17.0 Å². The predicted octanol–water partition coefficient (Wildman–Crippen LogP) is 0.349. The van der Waals surface area contributed by atoms with Gasteiger partial charge in [-0.15, -0.1) is 11.8 Å². The van der Waals surface area contributed by atoms with E-state index in [4.69, 9.17) is 14.4 Å². The summed E-state index contributed by atoms with van der Waals surface area (Å²) in [6, 6.07) is 11.3. The van der Waals surface area contributed by atoms with Gasteiger partial charge in [0.1, 0.15) is 5.70 Å². The summed E-state index contributed by atoms with van der Waals surface area (Å²) >= 11 is 1.33. The average Bonchev–Trinajstić information content (AvgIpc) is 3.56. The number of benzene rings is 2. The van der Waals surface area contributed by atoms with Crippen molar-refractivity contribution in [3.8, 4) is 0 Å². The Hall–Kier alpha value is -3.80. The van der Waals surface area contributed by atoms with E-state index in [0.29, 0.717) is 17.9 Å². The van der Waals surface area contributed by atoms with Crippen molar-refractivity contribution in [2.75, 3.05) is 13.1 Å². The first-order chi connectivity index (χ1) is 22.4. The van der Waals surface area contributed by atoms with Crippen molar-refractivity contribution in [3.63, 3.8) is 0 Å². The third kappa shape index (κ3) is 9.92. The number of non-ortho nitro benzene ring substituents is 1. The molecule has 18 nitrogen and oxygen atoms in total. The van der Waals surface area contributed by atoms with Crippen LogP contribution in [0.2, 0.25) is 0 Å². The van der Waals surface area contributed by atoms with E-state index in [1.54, 1.807) is 18.2 Å². The molecule has 6 atom stereocenters. The van der Waals surface area contributed by atoms with Crippen molar-refractivity contribution in [2.45, 2.75) is 56.0 Å². The summed E-state index contributed by atoms with van der Waals surface area (Å²) in [4.78, 5) is 50.7. The molecule has 0 bridgehead atoms. The number of aliphatic hydroxyl groups excluding tert-OH is 1. The zero-order valence-electron chi connectivity index (χ0n) is 26.0. The number of nitrogens with zero attached hydrogens (tertiary/aromatic N) is 2. The van der Waals surface area contributed by atoms with E-state index in [1.807, 2.05) is 6.92 Å². The molecular formula is C29H39N5O13S3. The van der Waals surface area contributed by atoms with Crippen LogP contribution in [0, 0.1) is 22.0 Å². The molecule has 3 aliphatic heterocycles. The largest absolute Gasteiger partial charge is 0.412 e. The molecule has 0 spiro atoms. The maximum atomic E-state index is 13.2. The standard InChI is InChI=1S/C22H27N5O9S2.C6H6O3S.CH4.H2O/c1-10-17-16(11(2)28)20(29)26(17)18(19(10)37-15-7-13(24-9-15)8-25-38(23,34)35)22(31)36-21(30)12-3-5-14(6-4-12)27(32)33;7-10(8,9)6-4-2-1-3-5-6;;/h3-6,10-11,13,15-17,24-25,28H,7-9H2,1-2H3,(H2,23,34,35);1-5H,(H,7,8,9);1H4;1H2/t10-,11-,13+,15+,16-,17-;;;/m1.../s1. The molecule has 276 valence electrons. The second-order valence-corrected chi connectivity index (χ2v) is 15.4. The van der Waals surface area contributed by atoms with Crippen LogP contribution in [0.3, 0.4) is 0 Å². The number of ether oxygens (including phenoxy) is 1. The number of hydrogen-bond acceptors (Lipinski definition) is 13. The molecule has 0 saturated carbocycles. The van der Waals surface area contributed by atoms with Gasteiger partial charge in [0.15, 0.2) is 0 Å². The summed E-state index contributed by atoms with van der Waals surface area (Å²) in [5.41, 5.74) is -0.390. The molecule has 3 heterocycles. The molecule has 8 N–H and O–H groups in total. The van der Waals surface area contributed by atoms with E-state index in [2.05, 4.69) is 10.0 Å². The maximum Gasteiger partial charge on any atom is 0.363 e. The predicted molar refractivity (Wildman–Crippen MR) is 181 cm³/mol. The average molecular weight is 762 g/mol. The van der Waals surface area contributed by atoms with Gasteiger partial charge in [0.05, 0.1) is 33.4 Å². The van der Waals surface area contributed by atoms with Crippen molar-refractivity contribution < 1.29 is 56.0 Å². The minimum absolute atomic E-state index is 0. The first-order valence-corrected chi connectivity index (χ1v) is 18.2. The third-order valence-electron chi connectivity index (χ3n) is 7.85. The Labute approximate surface area is 292 Å². The maximum absolute atomic E-state index is 13.2. The van der Waals surface area contributed by atoms with Gasteiger partial charge in [-0.25, -0.2) is 19.5 Å². The topological polar surface area (TPSA) is 297 Å². The van der Waals surface area contributed by atoms with E-state index < -0.39 is 61.2 Å². The molecule has 0 aromatic heterocycles. The molecular weight excluding hydrogens is 723 g/mol. The third-order valence-corrected chi connectivity index (χ3v) is 10.8. The number of carbonyl (C=O) groups excluding carboxylic acids is 3. The SMILES string of the molecule is C.C[C@@H](O)[C@H]1C(=O)N2C(C(=O)OC(=O)c3ccc([N+](=O)[O-])cc3)=C(S[C@@H]3CN[C@H](CNS(N)(=O)=O)C3)[C@H](C)[C@H]12.O.O=S(=O)(O)c1ccccc1. The molecule has 2 saturated heterocycles. The fraction of sp³-hybridized carbons (Fsp3) is 0.414. The number of nitro groups is 1. The van der Waals surface area contributed by atoms with Crippen molar-refractivity contribution in [1.29, 1.82) is 0 Å². The number of aliphatic hydroxyl groups is 1. The van der Waals surface area contributed by atoms with Crippen LogP contribution in [0.1, 0.15) is 38.1 Å². The lowest BCUT2D eigenvalue weighted by Crippen LogP contribution is -2.63. The number of esters is 2. The van der Waals surface area contributed by atoms with Crippen LogP contribution >= 0.6 is 11.8 Å². The minimum atomic E-state index is -4.00. The van der Waals surface area contributed by atoms with Crippen LogP contribution in [-0.4, -0.2) is 96.2 Å². The molecule has 3 aliphatic rings. The molecule has 21 heteroatoms. The van der Waals surface area contributed by atoms with Crippen LogP contribution in [0.4, 0.5) is 5.69 Å². The Kier molecular flexibility index (Phi) is 14.4. The molecule has 1 amide bonds. The number of hydrogen-bond donors (Lipinski definition) is 5. The highest BCUT2D eigenvalue weighted by atomic mass is 32.2. The Balaban J connectivity index is 0.000000623. The van der Waals surface area contributed by atoms with E-state index in [0.717, 1.165) is 24.3 Å². The van der Waals surface area contributed by atoms with E-state index >= 15 is 0 Å². The number of nitrogens with one attached hydrogen (secondary N) is 2. The number of β-lactam (4-membered cyclic amide) rings is 1. The van der Waals surface area contributed by atoms with Gasteiger partial charge in [-0.3, -0.25) is 19.5 Å². The van der Waals surface area contributed by atoms with Crippen LogP contribution in [0.5, 0.6) is 0 Å². The number of carbonyl (C=O) groups is 3. The van der Waals surface area contributed by atoms with Gasteiger partial charge in [0.25, 0.3) is 26.0 Å². The van der Waals surface area contributed by atoms with Gasteiger partial charge in [-0.05, 0) is 37.6 Å². The Bertz CT molecular complexity index is 1820. The van der Waals surface area contributed by atoms with Crippen LogP contribution in [-0.2, 0) is 34.7 Å². The lowest BCUT2D eigenvalue weighted by Gasteiger charge is -2.46. The highest BCUT2D eigenvalue weighted by Gasteiger charge is 2.60. The first kappa shape index (κ1) is 42.4. The Morgan fingerprint density at radius 3 is 2.24 bits per heavy atom. The van der Waals surface area contributed by atoms with Gasteiger partial charge in [-0.1, -0.05) is 32.5 Å². The molecule has 0 aliphatic carbocycles. The minimum Gasteiger partial charge on any atom is -0.412 e. The number of nitrogens with two attached hydrogens (primary N) is 1. The highest BCUT2D eigenvalue weighted by molar-refractivity contribution is 8.03. The smallest absolute Gasteiger partial charge is 0.363 e. The molecule has 2 fully saturated rings. The molecule has 2 aromatic carbocycles. The van der Waals surface area contributed by atoms with E-state index in [1.165, 1.54) is 35.7 Å². The van der Waals surface area contributed by atoms with Gasteiger partial charge >= 0.3 is 11.9 Å². The van der Waals surface area contributed by atoms with Crippen LogP contribution in [0.15, 0.2) is 70.1 Å². The molecule has 5 rings (SSSR count). The lowest BCUT2D eigenvalue weighted by molar-refractivity contribution is -0.384. The normalized spacial score (nSPS) is 23.3. The van der Waals surface area contributed by atoms with Crippen LogP contribution in [0.25, 0.3) is 0 Å². The molecule has 0 unspecified atom stereocenters. The summed E-state index contributed by atoms with van der Waals surface area (Å²) in [5.74, 6) is -3.59. The number of nitro benzene ring substituents is 1. The molecule has 0 radical (unpaired) electrons. The summed E-state index contributed by atoms with van der Waals surface area (Å²) in [6.07, 6.45) is -0.414. The summed E-state index contributed by atoms with van der Waals surface area (Å²) < 4.78 is 59.0. The summed E-state index contributed by atoms with van der Waals surface area (Å²) in [5, 5.41) is 29.1. The van der Waals surface area contributed by atoms with Gasteiger partial charge < -0.3 is 25.5 Å². The monoisotopic (exact) mass is 761 g/mol. The molecule has 2 aromatic rings. The van der Waals surface area contributed by atoms with Gasteiger partial charge in [-0.2, -0.15) is 16.8 Å². The first-order valence-electron chi connectivity index (χ1n) is 14.3. The van der Waals surface area contributed by atoms with Crippen molar-refractivity contribution in [3.05, 3.63) is 80.9 Å². The summed E-state index contributed by atoms with van der Waals surface area (Å²) in [6.45, 7) is 3.89. The van der Waals surface area contributed by atoms with E-state index in [-0.39, 0.29) is 58.5 Å². The fourth-order valence-electron chi connectivity index (χ4n) is 5.60. The number of amides is 1. The molecule has 50 heavy (non-hydrogen) atoms. The number of fused-ring (bicyclic) bond motifs is 1. The Morgan fingerprint density at radius 1 is 1.14 bits per heavy atom.